The second-order valence-corrected chi connectivity index (χ2v) is 4.87. The minimum atomic E-state index is -3.42. The molecule has 4 heteroatoms. The highest BCUT2D eigenvalue weighted by atomic mass is 19.3. The maximum absolute atomic E-state index is 13.8. The fourth-order valence-corrected chi connectivity index (χ4v) is 2.08. The Kier molecular flexibility index (Phi) is 3.98. The van der Waals surface area contributed by atoms with Crippen molar-refractivity contribution in [3.05, 3.63) is 41.5 Å². The Morgan fingerprint density at radius 3 is 2.37 bits per heavy atom. The number of halogens is 2. The van der Waals surface area contributed by atoms with E-state index in [-0.39, 0.29) is 0 Å². The van der Waals surface area contributed by atoms with Gasteiger partial charge in [0.05, 0.1) is 0 Å². The summed E-state index contributed by atoms with van der Waals surface area (Å²) in [6.45, 7) is 2.80. The standard InChI is InChI=1S/C15H17F2NO/c1-12-4-6-13(7-5-12)8-9-15(16,17)14(19)18-10-2-3-11-18/h4-9H,2-3,10-11H2,1H3/b9-8+. The van der Waals surface area contributed by atoms with Crippen molar-refractivity contribution in [2.24, 2.45) is 0 Å². The first-order valence-electron chi connectivity index (χ1n) is 6.42. The minimum Gasteiger partial charge on any atom is -0.337 e. The summed E-state index contributed by atoms with van der Waals surface area (Å²) < 4.78 is 27.5. The molecule has 0 atom stereocenters. The van der Waals surface area contributed by atoms with Gasteiger partial charge in [0.15, 0.2) is 0 Å². The Bertz CT molecular complexity index is 473. The van der Waals surface area contributed by atoms with Gasteiger partial charge in [0.1, 0.15) is 0 Å². The molecule has 1 heterocycles. The number of amides is 1. The normalized spacial score (nSPS) is 16.3. The highest BCUT2D eigenvalue weighted by Crippen LogP contribution is 2.23. The van der Waals surface area contributed by atoms with Crippen LogP contribution >= 0.6 is 0 Å². The SMILES string of the molecule is Cc1ccc(/C=C/C(F)(F)C(=O)N2CCCC2)cc1. The van der Waals surface area contributed by atoms with Crippen LogP contribution in [0.4, 0.5) is 8.78 Å². The molecule has 1 fully saturated rings. The largest absolute Gasteiger partial charge is 0.343 e. The summed E-state index contributed by atoms with van der Waals surface area (Å²) in [6.07, 6.45) is 3.61. The number of alkyl halides is 2. The van der Waals surface area contributed by atoms with Crippen molar-refractivity contribution in [2.75, 3.05) is 13.1 Å². The zero-order chi connectivity index (χ0) is 13.9. The smallest absolute Gasteiger partial charge is 0.337 e. The Morgan fingerprint density at radius 1 is 1.21 bits per heavy atom. The molecule has 1 aromatic carbocycles. The van der Waals surface area contributed by atoms with E-state index in [1.54, 1.807) is 12.1 Å². The number of carbonyl (C=O) groups excluding carboxylic acids is 1. The van der Waals surface area contributed by atoms with E-state index in [0.29, 0.717) is 24.7 Å². The van der Waals surface area contributed by atoms with Crippen LogP contribution in [0, 0.1) is 6.92 Å². The Labute approximate surface area is 111 Å². The average Bonchev–Trinajstić information content (AvgIpc) is 2.91. The van der Waals surface area contributed by atoms with Gasteiger partial charge in [-0.05, 0) is 31.4 Å². The number of hydrogen-bond donors (Lipinski definition) is 0. The van der Waals surface area contributed by atoms with Crippen LogP contribution in [-0.4, -0.2) is 29.8 Å². The van der Waals surface area contributed by atoms with E-state index in [1.165, 1.54) is 11.0 Å². The van der Waals surface area contributed by atoms with Crippen molar-refractivity contribution in [3.8, 4) is 0 Å². The third kappa shape index (κ3) is 3.40. The quantitative estimate of drug-likeness (QED) is 0.821. The second-order valence-electron chi connectivity index (χ2n) is 4.87. The third-order valence-corrected chi connectivity index (χ3v) is 3.24. The Morgan fingerprint density at radius 2 is 1.79 bits per heavy atom. The fraction of sp³-hybridized carbons (Fsp3) is 0.400. The van der Waals surface area contributed by atoms with Crippen molar-refractivity contribution >= 4 is 12.0 Å². The molecule has 102 valence electrons. The second kappa shape index (κ2) is 5.51. The molecule has 0 radical (unpaired) electrons. The lowest BCUT2D eigenvalue weighted by Crippen LogP contribution is -2.40. The molecule has 0 unspecified atom stereocenters. The lowest BCUT2D eigenvalue weighted by molar-refractivity contribution is -0.149. The van der Waals surface area contributed by atoms with Crippen LogP contribution in [0.15, 0.2) is 30.3 Å². The van der Waals surface area contributed by atoms with Crippen molar-refractivity contribution in [1.82, 2.24) is 4.90 Å². The zero-order valence-corrected chi connectivity index (χ0v) is 10.9. The minimum absolute atomic E-state index is 0.437. The molecule has 1 amide bonds. The topological polar surface area (TPSA) is 20.3 Å². The van der Waals surface area contributed by atoms with E-state index in [0.717, 1.165) is 18.4 Å². The first-order chi connectivity index (χ1) is 8.99. The molecule has 19 heavy (non-hydrogen) atoms. The number of aryl methyl sites for hydroxylation is 1. The van der Waals surface area contributed by atoms with Crippen LogP contribution in [0.25, 0.3) is 6.08 Å². The molecule has 0 aliphatic carbocycles. The van der Waals surface area contributed by atoms with Gasteiger partial charge in [-0.2, -0.15) is 8.78 Å². The highest BCUT2D eigenvalue weighted by molar-refractivity contribution is 5.86. The van der Waals surface area contributed by atoms with Gasteiger partial charge in [-0.25, -0.2) is 0 Å². The predicted molar refractivity (Wildman–Crippen MR) is 71.0 cm³/mol. The monoisotopic (exact) mass is 265 g/mol. The predicted octanol–water partition coefficient (Wildman–Crippen LogP) is 3.27. The zero-order valence-electron chi connectivity index (χ0n) is 10.9. The molecule has 0 N–H and O–H groups in total. The van der Waals surface area contributed by atoms with E-state index < -0.39 is 11.8 Å². The van der Waals surface area contributed by atoms with E-state index in [2.05, 4.69) is 0 Å². The van der Waals surface area contributed by atoms with Crippen molar-refractivity contribution in [2.45, 2.75) is 25.7 Å². The summed E-state index contributed by atoms with van der Waals surface area (Å²) in [6, 6.07) is 7.20. The van der Waals surface area contributed by atoms with Crippen molar-refractivity contribution < 1.29 is 13.6 Å². The lowest BCUT2D eigenvalue weighted by atomic mass is 10.1. The van der Waals surface area contributed by atoms with Gasteiger partial charge in [0.2, 0.25) is 0 Å². The molecule has 2 nitrogen and oxygen atoms in total. The van der Waals surface area contributed by atoms with Gasteiger partial charge in [0, 0.05) is 13.1 Å². The van der Waals surface area contributed by atoms with Gasteiger partial charge in [0.25, 0.3) is 5.91 Å². The van der Waals surface area contributed by atoms with Gasteiger partial charge < -0.3 is 4.90 Å². The van der Waals surface area contributed by atoms with Crippen molar-refractivity contribution in [3.63, 3.8) is 0 Å². The van der Waals surface area contributed by atoms with Gasteiger partial charge in [-0.3, -0.25) is 4.79 Å². The Balaban J connectivity index is 2.07. The number of hydrogen-bond acceptors (Lipinski definition) is 1. The third-order valence-electron chi connectivity index (χ3n) is 3.24. The van der Waals surface area contributed by atoms with Gasteiger partial charge in [-0.1, -0.05) is 35.9 Å². The maximum atomic E-state index is 13.8. The molecule has 0 saturated carbocycles. The van der Waals surface area contributed by atoms with E-state index in [1.807, 2.05) is 19.1 Å². The van der Waals surface area contributed by atoms with E-state index in [9.17, 15) is 13.6 Å². The summed E-state index contributed by atoms with van der Waals surface area (Å²) in [5.74, 6) is -4.51. The first kappa shape index (κ1) is 13.7. The summed E-state index contributed by atoms with van der Waals surface area (Å²) in [5, 5.41) is 0. The van der Waals surface area contributed by atoms with Crippen LogP contribution < -0.4 is 0 Å². The molecule has 2 rings (SSSR count). The highest BCUT2D eigenvalue weighted by Gasteiger charge is 2.40. The molecular formula is C15H17F2NO. The van der Waals surface area contributed by atoms with Gasteiger partial charge >= 0.3 is 5.92 Å². The molecule has 1 aliphatic rings. The van der Waals surface area contributed by atoms with Gasteiger partial charge in [-0.15, -0.1) is 0 Å². The average molecular weight is 265 g/mol. The molecule has 1 aliphatic heterocycles. The van der Waals surface area contributed by atoms with Crippen LogP contribution in [0.3, 0.4) is 0 Å². The van der Waals surface area contributed by atoms with Crippen LogP contribution in [0.5, 0.6) is 0 Å². The molecule has 0 bridgehead atoms. The molecule has 1 saturated heterocycles. The summed E-state index contributed by atoms with van der Waals surface area (Å²) >= 11 is 0. The van der Waals surface area contributed by atoms with E-state index in [4.69, 9.17) is 0 Å². The number of nitrogens with zero attached hydrogens (tertiary/aromatic N) is 1. The summed E-state index contributed by atoms with van der Waals surface area (Å²) in [4.78, 5) is 12.9. The maximum Gasteiger partial charge on any atom is 0.343 e. The van der Waals surface area contributed by atoms with Crippen LogP contribution in [0.1, 0.15) is 24.0 Å². The number of carbonyl (C=O) groups is 1. The lowest BCUT2D eigenvalue weighted by Gasteiger charge is -2.20. The number of likely N-dealkylation sites (tertiary alicyclic amines) is 1. The van der Waals surface area contributed by atoms with Crippen LogP contribution in [-0.2, 0) is 4.79 Å². The molecule has 0 spiro atoms. The summed E-state index contributed by atoms with van der Waals surface area (Å²) in [5.41, 5.74) is 1.73. The number of rotatable bonds is 3. The molecule has 0 aromatic heterocycles. The van der Waals surface area contributed by atoms with Crippen LogP contribution in [0.2, 0.25) is 0 Å². The first-order valence-corrected chi connectivity index (χ1v) is 6.42. The van der Waals surface area contributed by atoms with Crippen molar-refractivity contribution in [1.29, 1.82) is 0 Å². The van der Waals surface area contributed by atoms with E-state index >= 15 is 0 Å². The number of benzene rings is 1. The Hall–Kier alpha value is -1.71. The fourth-order valence-electron chi connectivity index (χ4n) is 2.08. The molecular weight excluding hydrogens is 248 g/mol. The summed E-state index contributed by atoms with van der Waals surface area (Å²) in [7, 11) is 0. The molecule has 1 aromatic rings.